The first-order chi connectivity index (χ1) is 7.11. The summed E-state index contributed by atoms with van der Waals surface area (Å²) in [4.78, 5) is 6.68. The Morgan fingerprint density at radius 2 is 2.20 bits per heavy atom. The van der Waals surface area contributed by atoms with Gasteiger partial charge in [0.05, 0.1) is 5.69 Å². The van der Waals surface area contributed by atoms with Gasteiger partial charge in [0.15, 0.2) is 0 Å². The quantitative estimate of drug-likeness (QED) is 0.796. The predicted octanol–water partition coefficient (Wildman–Crippen LogP) is 1.56. The van der Waals surface area contributed by atoms with E-state index in [-0.39, 0.29) is 6.04 Å². The number of pyridine rings is 1. The van der Waals surface area contributed by atoms with Crippen LogP contribution in [-0.2, 0) is 6.54 Å². The Bertz CT molecular complexity index is 299. The van der Waals surface area contributed by atoms with Gasteiger partial charge in [0, 0.05) is 24.8 Å². The second-order valence-corrected chi connectivity index (χ2v) is 4.14. The Balaban J connectivity index is 2.47. The zero-order valence-electron chi connectivity index (χ0n) is 9.90. The van der Waals surface area contributed by atoms with E-state index in [4.69, 9.17) is 5.73 Å². The van der Waals surface area contributed by atoms with Crippen molar-refractivity contribution >= 4 is 0 Å². The number of nitrogens with two attached hydrogens (primary N) is 1. The van der Waals surface area contributed by atoms with Crippen LogP contribution in [0.15, 0.2) is 18.2 Å². The third-order valence-electron chi connectivity index (χ3n) is 2.45. The summed E-state index contributed by atoms with van der Waals surface area (Å²) < 4.78 is 0. The number of hydrogen-bond donors (Lipinski definition) is 1. The topological polar surface area (TPSA) is 42.1 Å². The van der Waals surface area contributed by atoms with E-state index in [9.17, 15) is 0 Å². The van der Waals surface area contributed by atoms with Crippen molar-refractivity contribution in [1.82, 2.24) is 9.88 Å². The minimum Gasteiger partial charge on any atom is -0.327 e. The van der Waals surface area contributed by atoms with Crippen LogP contribution in [0.25, 0.3) is 0 Å². The van der Waals surface area contributed by atoms with E-state index >= 15 is 0 Å². The summed E-state index contributed by atoms with van der Waals surface area (Å²) in [7, 11) is 2.08. The Hall–Kier alpha value is -0.930. The van der Waals surface area contributed by atoms with Crippen molar-refractivity contribution < 1.29 is 0 Å². The van der Waals surface area contributed by atoms with Crippen LogP contribution in [-0.4, -0.2) is 29.5 Å². The van der Waals surface area contributed by atoms with Gasteiger partial charge in [-0.3, -0.25) is 9.88 Å². The third kappa shape index (κ3) is 4.40. The Morgan fingerprint density at radius 3 is 2.80 bits per heavy atom. The largest absolute Gasteiger partial charge is 0.327 e. The molecule has 1 rings (SSSR count). The first-order valence-electron chi connectivity index (χ1n) is 5.48. The number of aryl methyl sites for hydroxylation is 1. The van der Waals surface area contributed by atoms with Crippen molar-refractivity contribution in [3.63, 3.8) is 0 Å². The van der Waals surface area contributed by atoms with Crippen molar-refractivity contribution in [2.24, 2.45) is 5.73 Å². The minimum absolute atomic E-state index is 0.264. The molecule has 84 valence electrons. The van der Waals surface area contributed by atoms with Crippen LogP contribution in [0.4, 0.5) is 0 Å². The maximum absolute atomic E-state index is 5.90. The third-order valence-corrected chi connectivity index (χ3v) is 2.45. The molecule has 0 saturated carbocycles. The van der Waals surface area contributed by atoms with E-state index in [1.165, 1.54) is 0 Å². The molecule has 0 aliphatic heterocycles. The van der Waals surface area contributed by atoms with Crippen molar-refractivity contribution in [2.75, 3.05) is 13.6 Å². The molecule has 0 saturated heterocycles. The fourth-order valence-corrected chi connectivity index (χ4v) is 1.56. The van der Waals surface area contributed by atoms with Gasteiger partial charge in [-0.15, -0.1) is 0 Å². The molecule has 0 fully saturated rings. The molecule has 1 heterocycles. The van der Waals surface area contributed by atoms with Crippen molar-refractivity contribution in [3.8, 4) is 0 Å². The SMILES string of the molecule is CCC(N)CN(C)Cc1cccc(C)n1. The second-order valence-electron chi connectivity index (χ2n) is 4.14. The normalized spacial score (nSPS) is 13.1. The number of hydrogen-bond acceptors (Lipinski definition) is 3. The van der Waals surface area contributed by atoms with E-state index in [2.05, 4.69) is 29.9 Å². The van der Waals surface area contributed by atoms with Crippen molar-refractivity contribution in [2.45, 2.75) is 32.9 Å². The Labute approximate surface area is 92.3 Å². The zero-order chi connectivity index (χ0) is 11.3. The molecule has 1 atom stereocenters. The van der Waals surface area contributed by atoms with Gasteiger partial charge in [-0.1, -0.05) is 13.0 Å². The highest BCUT2D eigenvalue weighted by molar-refractivity contribution is 5.09. The molecule has 0 bridgehead atoms. The summed E-state index contributed by atoms with van der Waals surface area (Å²) in [5.74, 6) is 0. The molecule has 0 aliphatic carbocycles. The van der Waals surface area contributed by atoms with E-state index in [1.807, 2.05) is 19.1 Å². The molecule has 3 nitrogen and oxygen atoms in total. The monoisotopic (exact) mass is 207 g/mol. The number of nitrogens with zero attached hydrogens (tertiary/aromatic N) is 2. The van der Waals surface area contributed by atoms with Crippen LogP contribution in [0, 0.1) is 6.92 Å². The summed E-state index contributed by atoms with van der Waals surface area (Å²) in [6.45, 7) is 5.92. The lowest BCUT2D eigenvalue weighted by Gasteiger charge is -2.19. The number of aromatic nitrogens is 1. The fraction of sp³-hybridized carbons (Fsp3) is 0.583. The van der Waals surface area contributed by atoms with Crippen molar-refractivity contribution in [3.05, 3.63) is 29.6 Å². The van der Waals surface area contributed by atoms with Crippen LogP contribution in [0.3, 0.4) is 0 Å². The molecule has 0 radical (unpaired) electrons. The summed E-state index contributed by atoms with van der Waals surface area (Å²) in [6, 6.07) is 6.38. The molecule has 1 aromatic rings. The molecular weight excluding hydrogens is 186 g/mol. The molecule has 15 heavy (non-hydrogen) atoms. The van der Waals surface area contributed by atoms with Gasteiger partial charge < -0.3 is 5.73 Å². The smallest absolute Gasteiger partial charge is 0.0547 e. The summed E-state index contributed by atoms with van der Waals surface area (Å²) in [5, 5.41) is 0. The maximum atomic E-state index is 5.90. The van der Waals surface area contributed by atoms with Crippen LogP contribution in [0.2, 0.25) is 0 Å². The van der Waals surface area contributed by atoms with E-state index in [0.29, 0.717) is 0 Å². The molecule has 3 heteroatoms. The molecule has 2 N–H and O–H groups in total. The number of rotatable bonds is 5. The number of likely N-dealkylation sites (N-methyl/N-ethyl adjacent to an activating group) is 1. The van der Waals surface area contributed by atoms with Crippen LogP contribution >= 0.6 is 0 Å². The summed E-state index contributed by atoms with van der Waals surface area (Å²) >= 11 is 0. The average molecular weight is 207 g/mol. The van der Waals surface area contributed by atoms with E-state index in [0.717, 1.165) is 30.9 Å². The lowest BCUT2D eigenvalue weighted by Crippen LogP contribution is -2.34. The van der Waals surface area contributed by atoms with Gasteiger partial charge >= 0.3 is 0 Å². The highest BCUT2D eigenvalue weighted by atomic mass is 15.1. The van der Waals surface area contributed by atoms with Crippen molar-refractivity contribution in [1.29, 1.82) is 0 Å². The molecule has 0 amide bonds. The fourth-order valence-electron chi connectivity index (χ4n) is 1.56. The average Bonchev–Trinajstić information content (AvgIpc) is 2.17. The predicted molar refractivity (Wildman–Crippen MR) is 63.6 cm³/mol. The van der Waals surface area contributed by atoms with Gasteiger partial charge in [0.1, 0.15) is 0 Å². The summed E-state index contributed by atoms with van der Waals surface area (Å²) in [6.07, 6.45) is 1.02. The first kappa shape index (κ1) is 12.1. The molecule has 1 aromatic heterocycles. The standard InChI is InChI=1S/C12H21N3/c1-4-11(13)8-15(3)9-12-7-5-6-10(2)14-12/h5-7,11H,4,8-9,13H2,1-3H3. The van der Waals surface area contributed by atoms with Crippen LogP contribution in [0.5, 0.6) is 0 Å². The van der Waals surface area contributed by atoms with Gasteiger partial charge in [0.2, 0.25) is 0 Å². The molecule has 0 aromatic carbocycles. The lowest BCUT2D eigenvalue weighted by molar-refractivity contribution is 0.297. The van der Waals surface area contributed by atoms with Crippen LogP contribution in [0.1, 0.15) is 24.7 Å². The lowest BCUT2D eigenvalue weighted by atomic mass is 10.2. The highest BCUT2D eigenvalue weighted by Gasteiger charge is 2.05. The molecule has 1 unspecified atom stereocenters. The van der Waals surface area contributed by atoms with Gasteiger partial charge in [-0.2, -0.15) is 0 Å². The zero-order valence-corrected chi connectivity index (χ0v) is 9.90. The summed E-state index contributed by atoms with van der Waals surface area (Å²) in [5.41, 5.74) is 8.08. The van der Waals surface area contributed by atoms with E-state index in [1.54, 1.807) is 0 Å². The highest BCUT2D eigenvalue weighted by Crippen LogP contribution is 2.02. The Kier molecular flexibility index (Phi) is 4.72. The molecule has 0 spiro atoms. The molecular formula is C12H21N3. The van der Waals surface area contributed by atoms with Gasteiger partial charge in [0.25, 0.3) is 0 Å². The Morgan fingerprint density at radius 1 is 1.47 bits per heavy atom. The van der Waals surface area contributed by atoms with Crippen LogP contribution < -0.4 is 5.73 Å². The van der Waals surface area contributed by atoms with Gasteiger partial charge in [-0.25, -0.2) is 0 Å². The van der Waals surface area contributed by atoms with Gasteiger partial charge in [-0.05, 0) is 32.5 Å². The first-order valence-corrected chi connectivity index (χ1v) is 5.48. The molecule has 0 aliphatic rings. The second kappa shape index (κ2) is 5.83. The van der Waals surface area contributed by atoms with E-state index < -0.39 is 0 Å². The minimum atomic E-state index is 0.264. The maximum Gasteiger partial charge on any atom is 0.0547 e.